The standard InChI is InChI=1S/C27H27N5O4/c1-3-23(33)31-14-12-17(13-15-31)20-16-29-32-25(26(28)34)24(30-27(20)32)18-8-10-19(11-9-18)36-22-7-5-4-6-21(22)35-2/h3-11,16-17,30H,1,12-15H2,2H3,(H2,28,34). The molecule has 5 rings (SSSR count). The number of nitrogens with two attached hydrogens (primary N) is 1. The molecule has 1 aliphatic rings. The van der Waals surface area contributed by atoms with Crippen LogP contribution in [-0.4, -0.2) is 51.5 Å². The molecule has 2 amide bonds. The Bertz CT molecular complexity index is 1430. The number of primary amides is 1. The van der Waals surface area contributed by atoms with Crippen LogP contribution in [0.4, 0.5) is 0 Å². The summed E-state index contributed by atoms with van der Waals surface area (Å²) >= 11 is 0. The number of nitrogens with zero attached hydrogens (tertiary/aromatic N) is 3. The molecule has 0 unspecified atom stereocenters. The van der Waals surface area contributed by atoms with Crippen LogP contribution >= 0.6 is 0 Å². The smallest absolute Gasteiger partial charge is 0.269 e. The van der Waals surface area contributed by atoms with Gasteiger partial charge < -0.3 is 25.1 Å². The van der Waals surface area contributed by atoms with E-state index in [1.807, 2.05) is 48.5 Å². The molecular weight excluding hydrogens is 458 g/mol. The number of carbonyl (C=O) groups excluding carboxylic acids is 2. The van der Waals surface area contributed by atoms with Gasteiger partial charge in [0.1, 0.15) is 11.4 Å². The number of aromatic nitrogens is 3. The summed E-state index contributed by atoms with van der Waals surface area (Å²) in [5, 5.41) is 4.47. The molecule has 2 aromatic heterocycles. The molecule has 9 nitrogen and oxygen atoms in total. The Balaban J connectivity index is 1.43. The molecular formula is C27H27N5O4. The molecule has 0 aliphatic carbocycles. The molecule has 0 bridgehead atoms. The first-order chi connectivity index (χ1) is 17.5. The van der Waals surface area contributed by atoms with E-state index in [0.717, 1.165) is 29.6 Å². The molecule has 36 heavy (non-hydrogen) atoms. The third-order valence-corrected chi connectivity index (χ3v) is 6.58. The zero-order valence-electron chi connectivity index (χ0n) is 19.9. The molecule has 0 saturated carbocycles. The summed E-state index contributed by atoms with van der Waals surface area (Å²) in [5.74, 6) is 1.45. The fraction of sp³-hybridized carbons (Fsp3) is 0.222. The van der Waals surface area contributed by atoms with Crippen LogP contribution in [0.2, 0.25) is 0 Å². The summed E-state index contributed by atoms with van der Waals surface area (Å²) in [5.41, 5.74) is 9.17. The number of aromatic amines is 1. The first-order valence-electron chi connectivity index (χ1n) is 11.7. The van der Waals surface area contributed by atoms with Crippen molar-refractivity contribution in [3.8, 4) is 28.5 Å². The summed E-state index contributed by atoms with van der Waals surface area (Å²) in [6.45, 7) is 4.87. The van der Waals surface area contributed by atoms with Crippen molar-refractivity contribution in [2.75, 3.05) is 20.2 Å². The lowest BCUT2D eigenvalue weighted by Crippen LogP contribution is -2.36. The topological polar surface area (TPSA) is 115 Å². The van der Waals surface area contributed by atoms with Crippen LogP contribution in [0.15, 0.2) is 67.4 Å². The number of benzene rings is 2. The number of hydrogen-bond acceptors (Lipinski definition) is 5. The number of para-hydroxylation sites is 2. The van der Waals surface area contributed by atoms with Crippen LogP contribution in [0.3, 0.4) is 0 Å². The van der Waals surface area contributed by atoms with Crippen LogP contribution in [-0.2, 0) is 4.79 Å². The summed E-state index contributed by atoms with van der Waals surface area (Å²) in [6.07, 6.45) is 4.73. The Labute approximate surface area is 208 Å². The lowest BCUT2D eigenvalue weighted by atomic mass is 9.91. The van der Waals surface area contributed by atoms with E-state index in [1.165, 1.54) is 6.08 Å². The zero-order chi connectivity index (χ0) is 25.2. The number of H-pyrrole nitrogens is 1. The monoisotopic (exact) mass is 485 g/mol. The van der Waals surface area contributed by atoms with E-state index in [1.54, 1.807) is 22.7 Å². The maximum absolute atomic E-state index is 12.4. The van der Waals surface area contributed by atoms with Crippen molar-refractivity contribution < 1.29 is 19.1 Å². The molecule has 0 atom stereocenters. The first-order valence-corrected chi connectivity index (χ1v) is 11.7. The number of hydrogen-bond donors (Lipinski definition) is 2. The fourth-order valence-electron chi connectivity index (χ4n) is 4.73. The molecule has 184 valence electrons. The largest absolute Gasteiger partial charge is 0.493 e. The van der Waals surface area contributed by atoms with Gasteiger partial charge in [0.2, 0.25) is 5.91 Å². The number of nitrogens with one attached hydrogen (secondary N) is 1. The van der Waals surface area contributed by atoms with E-state index in [0.29, 0.717) is 36.0 Å². The van der Waals surface area contributed by atoms with E-state index in [4.69, 9.17) is 15.2 Å². The summed E-state index contributed by atoms with van der Waals surface area (Å²) in [6, 6.07) is 14.8. The van der Waals surface area contributed by atoms with Crippen molar-refractivity contribution in [1.29, 1.82) is 0 Å². The van der Waals surface area contributed by atoms with Crippen molar-refractivity contribution in [2.24, 2.45) is 5.73 Å². The molecule has 2 aromatic carbocycles. The highest BCUT2D eigenvalue weighted by Gasteiger charge is 2.28. The van der Waals surface area contributed by atoms with Gasteiger partial charge in [0, 0.05) is 24.2 Å². The van der Waals surface area contributed by atoms with Gasteiger partial charge in [-0.25, -0.2) is 4.52 Å². The number of piperidine rings is 1. The zero-order valence-corrected chi connectivity index (χ0v) is 19.9. The number of amides is 2. The summed E-state index contributed by atoms with van der Waals surface area (Å²) in [7, 11) is 1.59. The Kier molecular flexibility index (Phi) is 6.20. The Morgan fingerprint density at radius 1 is 1.11 bits per heavy atom. The predicted octanol–water partition coefficient (Wildman–Crippen LogP) is 4.12. The maximum Gasteiger partial charge on any atom is 0.269 e. The summed E-state index contributed by atoms with van der Waals surface area (Å²) < 4.78 is 12.9. The van der Waals surface area contributed by atoms with Gasteiger partial charge in [-0.1, -0.05) is 18.7 Å². The van der Waals surface area contributed by atoms with E-state index < -0.39 is 5.91 Å². The normalized spacial score (nSPS) is 14.1. The lowest BCUT2D eigenvalue weighted by molar-refractivity contribution is -0.127. The highest BCUT2D eigenvalue weighted by atomic mass is 16.5. The van der Waals surface area contributed by atoms with Crippen LogP contribution in [0, 0.1) is 0 Å². The average Bonchev–Trinajstić information content (AvgIpc) is 3.48. The van der Waals surface area contributed by atoms with Crippen LogP contribution < -0.4 is 15.2 Å². The number of imidazole rings is 1. The quantitative estimate of drug-likeness (QED) is 0.382. The Hall–Kier alpha value is -4.53. The van der Waals surface area contributed by atoms with Gasteiger partial charge in [-0.05, 0) is 61.2 Å². The highest BCUT2D eigenvalue weighted by molar-refractivity contribution is 5.98. The van der Waals surface area contributed by atoms with Crippen LogP contribution in [0.5, 0.6) is 17.2 Å². The molecule has 1 aliphatic heterocycles. The maximum atomic E-state index is 12.4. The SMILES string of the molecule is C=CC(=O)N1CCC(c2cnn3c(C(N)=O)c(-c4ccc(Oc5ccccc5OC)cc4)[nH]c23)CC1. The van der Waals surface area contributed by atoms with Crippen molar-refractivity contribution in [3.63, 3.8) is 0 Å². The van der Waals surface area contributed by atoms with Crippen LogP contribution in [0.25, 0.3) is 16.9 Å². The molecule has 3 heterocycles. The van der Waals surface area contributed by atoms with E-state index in [-0.39, 0.29) is 17.5 Å². The minimum atomic E-state index is -0.577. The van der Waals surface area contributed by atoms with Crippen molar-refractivity contribution in [2.45, 2.75) is 18.8 Å². The van der Waals surface area contributed by atoms with E-state index in [2.05, 4.69) is 16.7 Å². The summed E-state index contributed by atoms with van der Waals surface area (Å²) in [4.78, 5) is 29.5. The van der Waals surface area contributed by atoms with Crippen molar-refractivity contribution in [1.82, 2.24) is 19.5 Å². The molecule has 3 N–H and O–H groups in total. The minimum absolute atomic E-state index is 0.0510. The number of fused-ring (bicyclic) bond motifs is 1. The lowest BCUT2D eigenvalue weighted by Gasteiger charge is -2.30. The fourth-order valence-corrected chi connectivity index (χ4v) is 4.73. The van der Waals surface area contributed by atoms with Crippen LogP contribution in [0.1, 0.15) is 34.8 Å². The number of ether oxygens (including phenoxy) is 2. The first kappa shape index (κ1) is 23.2. The highest BCUT2D eigenvalue weighted by Crippen LogP contribution is 2.35. The number of carbonyl (C=O) groups is 2. The van der Waals surface area contributed by atoms with Gasteiger partial charge in [0.25, 0.3) is 5.91 Å². The predicted molar refractivity (Wildman–Crippen MR) is 135 cm³/mol. The van der Waals surface area contributed by atoms with Crippen molar-refractivity contribution >= 4 is 17.5 Å². The average molecular weight is 486 g/mol. The number of methoxy groups -OCH3 is 1. The molecule has 0 spiro atoms. The number of rotatable bonds is 7. The second-order valence-electron chi connectivity index (χ2n) is 8.65. The van der Waals surface area contributed by atoms with Gasteiger partial charge in [-0.2, -0.15) is 5.10 Å². The molecule has 0 radical (unpaired) electrons. The van der Waals surface area contributed by atoms with Gasteiger partial charge in [0.05, 0.1) is 19.0 Å². The van der Waals surface area contributed by atoms with Gasteiger partial charge >= 0.3 is 0 Å². The van der Waals surface area contributed by atoms with Gasteiger partial charge in [-0.3, -0.25) is 9.59 Å². The Morgan fingerprint density at radius 3 is 2.44 bits per heavy atom. The minimum Gasteiger partial charge on any atom is -0.493 e. The molecule has 9 heteroatoms. The second-order valence-corrected chi connectivity index (χ2v) is 8.65. The van der Waals surface area contributed by atoms with Gasteiger partial charge in [-0.15, -0.1) is 0 Å². The second kappa shape index (κ2) is 9.61. The Morgan fingerprint density at radius 2 is 1.81 bits per heavy atom. The molecule has 1 fully saturated rings. The molecule has 4 aromatic rings. The molecule has 1 saturated heterocycles. The number of likely N-dealkylation sites (tertiary alicyclic amines) is 1. The third kappa shape index (κ3) is 4.19. The van der Waals surface area contributed by atoms with Gasteiger partial charge in [0.15, 0.2) is 17.2 Å². The van der Waals surface area contributed by atoms with Crippen molar-refractivity contribution in [3.05, 3.63) is 78.6 Å². The third-order valence-electron chi connectivity index (χ3n) is 6.58. The van der Waals surface area contributed by atoms with E-state index in [9.17, 15) is 9.59 Å². The van der Waals surface area contributed by atoms with E-state index >= 15 is 0 Å².